The summed E-state index contributed by atoms with van der Waals surface area (Å²) in [5.74, 6) is -1.81. The van der Waals surface area contributed by atoms with Gasteiger partial charge in [0.25, 0.3) is 0 Å². The number of halogens is 3. The van der Waals surface area contributed by atoms with E-state index in [2.05, 4.69) is 0 Å². The molecule has 0 bridgehead atoms. The van der Waals surface area contributed by atoms with E-state index in [0.717, 1.165) is 12.1 Å². The first kappa shape index (κ1) is 18.1. The Bertz CT molecular complexity index is 780. The first-order valence-electron chi connectivity index (χ1n) is 6.83. The Morgan fingerprint density at radius 2 is 1.79 bits per heavy atom. The third-order valence-electron chi connectivity index (χ3n) is 4.28. The summed E-state index contributed by atoms with van der Waals surface area (Å²) in [7, 11) is -3.15. The van der Waals surface area contributed by atoms with Crippen molar-refractivity contribution in [1.29, 1.82) is 5.26 Å². The van der Waals surface area contributed by atoms with Gasteiger partial charge in [-0.2, -0.15) is 18.4 Å². The number of hydrogen-bond donors (Lipinski definition) is 1. The van der Waals surface area contributed by atoms with Gasteiger partial charge in [0, 0.05) is 5.56 Å². The highest BCUT2D eigenvalue weighted by atomic mass is 32.2. The first-order chi connectivity index (χ1) is 11.1. The minimum Gasteiger partial charge on any atom is -0.303 e. The Kier molecular flexibility index (Phi) is 4.55. The normalized spacial score (nSPS) is 18.5. The van der Waals surface area contributed by atoms with Crippen LogP contribution in [0, 0.1) is 22.2 Å². The summed E-state index contributed by atoms with van der Waals surface area (Å²) < 4.78 is 60.1. The molecule has 1 aromatic carbocycles. The molecule has 0 heterocycles. The molecule has 1 aliphatic carbocycles. The lowest BCUT2D eigenvalue weighted by molar-refractivity contribution is -0.137. The van der Waals surface area contributed by atoms with Crippen LogP contribution in [-0.2, 0) is 21.7 Å². The van der Waals surface area contributed by atoms with Gasteiger partial charge in [-0.15, -0.1) is 0 Å². The average Bonchev–Trinajstić information content (AvgIpc) is 3.32. The van der Waals surface area contributed by atoms with Crippen LogP contribution < -0.4 is 0 Å². The molecule has 1 atom stereocenters. The van der Waals surface area contributed by atoms with Crippen molar-refractivity contribution in [2.45, 2.75) is 19.0 Å². The van der Waals surface area contributed by atoms with E-state index in [1.165, 1.54) is 0 Å². The van der Waals surface area contributed by atoms with Crippen molar-refractivity contribution >= 4 is 22.8 Å². The SMILES string of the molecule is N#CC(C[SH](=O)=O)(C(=O)c1ccc(C(F)(F)F)cc1)C1(C=O)CC1. The highest BCUT2D eigenvalue weighted by Crippen LogP contribution is 2.58. The molecule has 5 nitrogen and oxygen atoms in total. The van der Waals surface area contributed by atoms with Crippen molar-refractivity contribution in [3.8, 4) is 6.07 Å². The largest absolute Gasteiger partial charge is 0.416 e. The number of nitrogens with zero attached hydrogens (tertiary/aromatic N) is 1. The number of carbonyl (C=O) groups is 2. The summed E-state index contributed by atoms with van der Waals surface area (Å²) in [5, 5.41) is 9.47. The van der Waals surface area contributed by atoms with Gasteiger partial charge in [0.2, 0.25) is 0 Å². The summed E-state index contributed by atoms with van der Waals surface area (Å²) in [4.78, 5) is 24.1. The van der Waals surface area contributed by atoms with Crippen molar-refractivity contribution in [2.24, 2.45) is 10.8 Å². The smallest absolute Gasteiger partial charge is 0.303 e. The first-order valence-corrected chi connectivity index (χ1v) is 8.20. The average molecular weight is 359 g/mol. The van der Waals surface area contributed by atoms with Crippen LogP contribution in [0.15, 0.2) is 24.3 Å². The number of carbonyl (C=O) groups excluding carboxylic acids is 2. The molecule has 9 heteroatoms. The van der Waals surface area contributed by atoms with E-state index < -0.39 is 44.8 Å². The Balaban J connectivity index is 2.50. The summed E-state index contributed by atoms with van der Waals surface area (Å²) in [6.45, 7) is 0. The van der Waals surface area contributed by atoms with E-state index >= 15 is 0 Å². The quantitative estimate of drug-likeness (QED) is 0.476. The number of ketones is 1. The van der Waals surface area contributed by atoms with E-state index in [-0.39, 0.29) is 18.4 Å². The second-order valence-electron chi connectivity index (χ2n) is 5.69. The lowest BCUT2D eigenvalue weighted by Gasteiger charge is -2.28. The lowest BCUT2D eigenvalue weighted by Crippen LogP contribution is -2.43. The maximum atomic E-state index is 12.7. The van der Waals surface area contributed by atoms with Gasteiger partial charge in [0.1, 0.15) is 22.4 Å². The molecule has 0 aromatic heterocycles. The molecule has 0 aliphatic heterocycles. The second-order valence-corrected chi connectivity index (χ2v) is 6.67. The maximum absolute atomic E-state index is 12.7. The Hall–Kier alpha value is -2.21. The van der Waals surface area contributed by atoms with Crippen LogP contribution in [0.1, 0.15) is 28.8 Å². The van der Waals surface area contributed by atoms with Crippen LogP contribution in [0.2, 0.25) is 0 Å². The van der Waals surface area contributed by atoms with Gasteiger partial charge in [-0.3, -0.25) is 4.79 Å². The fraction of sp³-hybridized carbons (Fsp3) is 0.400. The van der Waals surface area contributed by atoms with Crippen molar-refractivity contribution in [2.75, 3.05) is 5.75 Å². The molecule has 1 fully saturated rings. The Labute approximate surface area is 137 Å². The fourth-order valence-corrected chi connectivity index (χ4v) is 3.60. The number of alkyl halides is 3. The standard InChI is InChI=1S/C15H12F3NO4S/c16-15(17,18)11-3-1-10(2-4-11)12(21)14(7-19,9-24(22)23)13(8-20)5-6-13/h1-4,8,24H,5-6,9H2. The molecule has 0 saturated heterocycles. The number of Topliss-reactive ketones (excluding diaryl/α,β-unsaturated/α-hetero) is 1. The Morgan fingerprint density at radius 1 is 1.25 bits per heavy atom. The number of rotatable bonds is 6. The van der Waals surface area contributed by atoms with E-state index in [1.807, 2.05) is 0 Å². The number of nitriles is 1. The van der Waals surface area contributed by atoms with Crippen LogP contribution >= 0.6 is 0 Å². The summed E-state index contributed by atoms with van der Waals surface area (Å²) in [5.41, 5.74) is -4.75. The van der Waals surface area contributed by atoms with E-state index in [4.69, 9.17) is 0 Å². The monoisotopic (exact) mass is 359 g/mol. The molecule has 1 unspecified atom stereocenters. The number of thiol groups is 1. The van der Waals surface area contributed by atoms with Crippen LogP contribution in [0.4, 0.5) is 13.2 Å². The second kappa shape index (κ2) is 6.02. The zero-order valence-electron chi connectivity index (χ0n) is 12.2. The van der Waals surface area contributed by atoms with Crippen LogP contribution in [0.5, 0.6) is 0 Å². The van der Waals surface area contributed by atoms with Crippen LogP contribution in [0.25, 0.3) is 0 Å². The molecule has 0 radical (unpaired) electrons. The number of hydrogen-bond acceptors (Lipinski definition) is 5. The Morgan fingerprint density at radius 3 is 2.12 bits per heavy atom. The molecule has 128 valence electrons. The molecular formula is C15H12F3NO4S. The van der Waals surface area contributed by atoms with Gasteiger partial charge in [-0.1, -0.05) is 12.1 Å². The van der Waals surface area contributed by atoms with Gasteiger partial charge in [-0.05, 0) is 25.0 Å². The van der Waals surface area contributed by atoms with Crippen molar-refractivity contribution < 1.29 is 31.2 Å². The maximum Gasteiger partial charge on any atom is 0.416 e. The third kappa shape index (κ3) is 2.94. The van der Waals surface area contributed by atoms with E-state index in [9.17, 15) is 36.4 Å². The van der Waals surface area contributed by atoms with Gasteiger partial charge in [-0.25, -0.2) is 8.42 Å². The fourth-order valence-electron chi connectivity index (χ4n) is 2.68. The highest BCUT2D eigenvalue weighted by Gasteiger charge is 2.64. The summed E-state index contributed by atoms with van der Waals surface area (Å²) in [6, 6.07) is 4.77. The molecule has 1 saturated carbocycles. The minimum atomic E-state index is -4.59. The van der Waals surface area contributed by atoms with Crippen molar-refractivity contribution in [3.05, 3.63) is 35.4 Å². The highest BCUT2D eigenvalue weighted by molar-refractivity contribution is 7.72. The van der Waals surface area contributed by atoms with Gasteiger partial charge in [0.05, 0.1) is 22.8 Å². The van der Waals surface area contributed by atoms with Gasteiger partial charge in [0.15, 0.2) is 5.78 Å². The van der Waals surface area contributed by atoms with Crippen molar-refractivity contribution in [1.82, 2.24) is 0 Å². The molecule has 0 N–H and O–H groups in total. The van der Waals surface area contributed by atoms with Gasteiger partial charge >= 0.3 is 6.18 Å². The van der Waals surface area contributed by atoms with Gasteiger partial charge < -0.3 is 4.79 Å². The number of benzene rings is 1. The third-order valence-corrected chi connectivity index (χ3v) is 5.02. The van der Waals surface area contributed by atoms with E-state index in [1.54, 1.807) is 6.07 Å². The molecule has 24 heavy (non-hydrogen) atoms. The van der Waals surface area contributed by atoms with E-state index in [0.29, 0.717) is 18.4 Å². The lowest BCUT2D eigenvalue weighted by atomic mass is 9.70. The summed E-state index contributed by atoms with van der Waals surface area (Å²) >= 11 is 0. The minimum absolute atomic E-state index is 0.180. The molecule has 1 aliphatic rings. The van der Waals surface area contributed by atoms with Crippen molar-refractivity contribution in [3.63, 3.8) is 0 Å². The molecule has 0 amide bonds. The van der Waals surface area contributed by atoms with Crippen LogP contribution in [0.3, 0.4) is 0 Å². The molecule has 1 aromatic rings. The molecule has 0 spiro atoms. The topological polar surface area (TPSA) is 92.1 Å². The molecule has 2 rings (SSSR count). The number of aldehydes is 1. The molecular weight excluding hydrogens is 347 g/mol. The predicted octanol–water partition coefficient (Wildman–Crippen LogP) is 1.99. The predicted molar refractivity (Wildman–Crippen MR) is 76.7 cm³/mol. The zero-order valence-corrected chi connectivity index (χ0v) is 13.1. The van der Waals surface area contributed by atoms with Crippen LogP contribution in [-0.4, -0.2) is 26.2 Å². The summed E-state index contributed by atoms with van der Waals surface area (Å²) in [6.07, 6.45) is -3.83. The zero-order chi connectivity index (χ0) is 18.2.